The number of benzene rings is 1. The summed E-state index contributed by atoms with van der Waals surface area (Å²) in [6.45, 7) is 5.85. The molecule has 2 N–H and O–H groups in total. The monoisotopic (exact) mass is 347 g/mol. The number of nitrogens with zero attached hydrogens (tertiary/aromatic N) is 1. The van der Waals surface area contributed by atoms with Gasteiger partial charge in [-0.15, -0.1) is 0 Å². The van der Waals surface area contributed by atoms with Crippen molar-refractivity contribution in [1.29, 1.82) is 0 Å². The zero-order chi connectivity index (χ0) is 18.2. The van der Waals surface area contributed by atoms with E-state index in [2.05, 4.69) is 10.3 Å². The van der Waals surface area contributed by atoms with E-state index >= 15 is 0 Å². The molecule has 1 atom stereocenters. The summed E-state index contributed by atoms with van der Waals surface area (Å²) in [5.74, 6) is -0.834. The Kier molecular flexibility index (Phi) is 4.28. The van der Waals surface area contributed by atoms with Gasteiger partial charge in [0, 0.05) is 12.2 Å². The number of anilines is 1. The summed E-state index contributed by atoms with van der Waals surface area (Å²) in [6.07, 6.45) is 0.834. The summed E-state index contributed by atoms with van der Waals surface area (Å²) in [5.41, 5.74) is 0.821. The van der Waals surface area contributed by atoms with E-state index < -0.39 is 23.5 Å². The molecular weight excluding hydrogens is 326 g/mol. The number of H-pyrrole nitrogens is 1. The molecule has 0 spiro atoms. The van der Waals surface area contributed by atoms with Crippen molar-refractivity contribution in [1.82, 2.24) is 9.88 Å². The first-order valence-electron chi connectivity index (χ1n) is 8.16. The van der Waals surface area contributed by atoms with E-state index in [1.807, 2.05) is 0 Å². The van der Waals surface area contributed by atoms with E-state index in [9.17, 15) is 14.4 Å². The fraction of sp³-hybridized carbons (Fsp3) is 0.471. The minimum absolute atomic E-state index is 0.284. The molecule has 134 valence electrons. The number of oxazole rings is 1. The lowest BCUT2D eigenvalue weighted by Gasteiger charge is -2.28. The van der Waals surface area contributed by atoms with Crippen LogP contribution in [-0.4, -0.2) is 40.1 Å². The Morgan fingerprint density at radius 3 is 2.84 bits per heavy atom. The van der Waals surface area contributed by atoms with Crippen LogP contribution in [0.3, 0.4) is 0 Å². The minimum atomic E-state index is -0.612. The van der Waals surface area contributed by atoms with Crippen LogP contribution in [-0.2, 0) is 9.53 Å². The van der Waals surface area contributed by atoms with Gasteiger partial charge in [0.25, 0.3) is 0 Å². The Bertz CT molecular complexity index is 861. The summed E-state index contributed by atoms with van der Waals surface area (Å²) < 4.78 is 10.3. The molecule has 0 radical (unpaired) electrons. The number of rotatable bonds is 2. The average Bonchev–Trinajstić information content (AvgIpc) is 3.10. The molecule has 2 aromatic rings. The van der Waals surface area contributed by atoms with Crippen LogP contribution < -0.4 is 11.1 Å². The SMILES string of the molecule is CC(C)(C)OC(=O)N1CCCC1C(=O)Nc1ccc2oc(=O)[nH]c2c1. The van der Waals surface area contributed by atoms with Crippen LogP contribution in [0.2, 0.25) is 0 Å². The molecule has 1 saturated heterocycles. The molecule has 2 amide bonds. The number of amides is 2. The van der Waals surface area contributed by atoms with Gasteiger partial charge in [0.2, 0.25) is 5.91 Å². The highest BCUT2D eigenvalue weighted by Crippen LogP contribution is 2.23. The topological polar surface area (TPSA) is 105 Å². The van der Waals surface area contributed by atoms with Gasteiger partial charge in [0.1, 0.15) is 11.6 Å². The Morgan fingerprint density at radius 1 is 1.36 bits per heavy atom. The van der Waals surface area contributed by atoms with Gasteiger partial charge in [-0.2, -0.15) is 0 Å². The van der Waals surface area contributed by atoms with Gasteiger partial charge in [0.05, 0.1) is 5.52 Å². The molecule has 0 aliphatic carbocycles. The fourth-order valence-electron chi connectivity index (χ4n) is 2.83. The molecular formula is C17H21N3O5. The molecule has 0 saturated carbocycles. The third-order valence-corrected chi connectivity index (χ3v) is 3.87. The second-order valence-electron chi connectivity index (χ2n) is 7.05. The number of nitrogens with one attached hydrogen (secondary N) is 2. The number of aromatic amines is 1. The van der Waals surface area contributed by atoms with Gasteiger partial charge < -0.3 is 14.5 Å². The van der Waals surface area contributed by atoms with Crippen molar-refractivity contribution < 1.29 is 18.7 Å². The molecule has 1 fully saturated rings. The van der Waals surface area contributed by atoms with Crippen LogP contribution in [0.1, 0.15) is 33.6 Å². The van der Waals surface area contributed by atoms with Crippen LogP contribution in [0.15, 0.2) is 27.4 Å². The molecule has 8 nitrogen and oxygen atoms in total. The van der Waals surface area contributed by atoms with Crippen LogP contribution in [0, 0.1) is 0 Å². The van der Waals surface area contributed by atoms with Crippen LogP contribution in [0.25, 0.3) is 11.1 Å². The fourth-order valence-corrected chi connectivity index (χ4v) is 2.83. The van der Waals surface area contributed by atoms with Crippen molar-refractivity contribution >= 4 is 28.8 Å². The molecule has 0 bridgehead atoms. The van der Waals surface area contributed by atoms with Crippen LogP contribution in [0.4, 0.5) is 10.5 Å². The molecule has 1 aliphatic rings. The van der Waals surface area contributed by atoms with Gasteiger partial charge in [0.15, 0.2) is 5.58 Å². The number of fused-ring (bicyclic) bond motifs is 1. The van der Waals surface area contributed by atoms with E-state index in [4.69, 9.17) is 9.15 Å². The number of hydrogen-bond acceptors (Lipinski definition) is 5. The summed E-state index contributed by atoms with van der Waals surface area (Å²) in [4.78, 5) is 40.0. The van der Waals surface area contributed by atoms with Crippen molar-refractivity contribution in [2.75, 3.05) is 11.9 Å². The smallest absolute Gasteiger partial charge is 0.417 e. The van der Waals surface area contributed by atoms with Gasteiger partial charge >= 0.3 is 11.8 Å². The Labute approximate surface area is 144 Å². The molecule has 2 heterocycles. The number of carbonyl (C=O) groups excluding carboxylic acids is 2. The summed E-state index contributed by atoms with van der Waals surface area (Å²) in [7, 11) is 0. The molecule has 3 rings (SSSR count). The van der Waals surface area contributed by atoms with E-state index in [0.717, 1.165) is 6.42 Å². The van der Waals surface area contributed by atoms with E-state index in [1.165, 1.54) is 4.90 Å². The van der Waals surface area contributed by atoms with Gasteiger partial charge in [-0.3, -0.25) is 14.7 Å². The summed E-state index contributed by atoms with van der Waals surface area (Å²) in [5, 5.41) is 2.78. The normalized spacial score (nSPS) is 17.7. The molecule has 1 aromatic carbocycles. The first-order valence-corrected chi connectivity index (χ1v) is 8.16. The quantitative estimate of drug-likeness (QED) is 0.868. The van der Waals surface area contributed by atoms with Gasteiger partial charge in [-0.1, -0.05) is 0 Å². The Balaban J connectivity index is 1.72. The average molecular weight is 347 g/mol. The highest BCUT2D eigenvalue weighted by Gasteiger charge is 2.36. The lowest BCUT2D eigenvalue weighted by Crippen LogP contribution is -2.45. The van der Waals surface area contributed by atoms with E-state index in [1.54, 1.807) is 39.0 Å². The number of likely N-dealkylation sites (tertiary alicyclic amines) is 1. The summed E-state index contributed by atoms with van der Waals surface area (Å²) in [6, 6.07) is 4.28. The highest BCUT2D eigenvalue weighted by molar-refractivity contribution is 5.98. The standard InChI is InChI=1S/C17H21N3O5/c1-17(2,3)25-16(23)20-8-4-5-12(20)14(21)18-10-6-7-13-11(9-10)19-15(22)24-13/h6-7,9,12H,4-5,8H2,1-3H3,(H,18,21)(H,19,22). The summed E-state index contributed by atoms with van der Waals surface area (Å²) >= 11 is 0. The highest BCUT2D eigenvalue weighted by atomic mass is 16.6. The molecule has 1 aromatic heterocycles. The van der Waals surface area contributed by atoms with Crippen molar-refractivity contribution in [2.24, 2.45) is 0 Å². The maximum absolute atomic E-state index is 12.6. The van der Waals surface area contributed by atoms with Gasteiger partial charge in [-0.05, 0) is 51.8 Å². The third kappa shape index (κ3) is 3.84. The van der Waals surface area contributed by atoms with Crippen LogP contribution >= 0.6 is 0 Å². The second kappa shape index (κ2) is 6.27. The number of carbonyl (C=O) groups is 2. The Hall–Kier alpha value is -2.77. The molecule has 1 aliphatic heterocycles. The minimum Gasteiger partial charge on any atom is -0.444 e. The molecule has 1 unspecified atom stereocenters. The zero-order valence-electron chi connectivity index (χ0n) is 14.4. The first kappa shape index (κ1) is 17.1. The van der Waals surface area contributed by atoms with E-state index in [-0.39, 0.29) is 5.91 Å². The number of hydrogen-bond donors (Lipinski definition) is 2. The molecule has 25 heavy (non-hydrogen) atoms. The maximum atomic E-state index is 12.6. The second-order valence-corrected chi connectivity index (χ2v) is 7.05. The lowest BCUT2D eigenvalue weighted by molar-refractivity contribution is -0.120. The Morgan fingerprint density at radius 2 is 2.12 bits per heavy atom. The lowest BCUT2D eigenvalue weighted by atomic mass is 10.2. The van der Waals surface area contributed by atoms with Crippen LogP contribution in [0.5, 0.6) is 0 Å². The van der Waals surface area contributed by atoms with Crippen molar-refractivity contribution in [3.8, 4) is 0 Å². The number of ether oxygens (including phenoxy) is 1. The van der Waals surface area contributed by atoms with Gasteiger partial charge in [-0.25, -0.2) is 9.59 Å². The van der Waals surface area contributed by atoms with Crippen molar-refractivity contribution in [3.63, 3.8) is 0 Å². The first-order chi connectivity index (χ1) is 11.7. The predicted molar refractivity (Wildman–Crippen MR) is 91.4 cm³/mol. The van der Waals surface area contributed by atoms with Crippen molar-refractivity contribution in [3.05, 3.63) is 28.7 Å². The predicted octanol–water partition coefficient (Wildman–Crippen LogP) is 2.46. The maximum Gasteiger partial charge on any atom is 0.417 e. The van der Waals surface area contributed by atoms with Crippen molar-refractivity contribution in [2.45, 2.75) is 45.3 Å². The third-order valence-electron chi connectivity index (χ3n) is 3.87. The zero-order valence-corrected chi connectivity index (χ0v) is 14.4. The number of aromatic nitrogens is 1. The largest absolute Gasteiger partial charge is 0.444 e. The van der Waals surface area contributed by atoms with E-state index in [0.29, 0.717) is 29.8 Å². The molecule has 8 heteroatoms.